The Balaban J connectivity index is 1.95. The van der Waals surface area contributed by atoms with Gasteiger partial charge in [-0.05, 0) is 54.0 Å². The van der Waals surface area contributed by atoms with E-state index < -0.39 is 23.3 Å². The highest BCUT2D eigenvalue weighted by molar-refractivity contribution is 9.10. The van der Waals surface area contributed by atoms with Crippen LogP contribution in [0, 0.1) is 0 Å². The van der Waals surface area contributed by atoms with Crippen molar-refractivity contribution in [1.82, 2.24) is 9.66 Å². The number of hydrogen-bond donors (Lipinski definition) is 1. The zero-order valence-corrected chi connectivity index (χ0v) is 18.6. The first kappa shape index (κ1) is 22.3. The van der Waals surface area contributed by atoms with Gasteiger partial charge in [-0.3, -0.25) is 4.79 Å². The molecule has 162 valence electrons. The van der Waals surface area contributed by atoms with E-state index in [2.05, 4.69) is 26.0 Å². The summed E-state index contributed by atoms with van der Waals surface area (Å²) in [7, 11) is 1.45. The predicted octanol–water partition coefficient (Wildman–Crippen LogP) is 2.67. The Morgan fingerprint density at radius 3 is 2.71 bits per heavy atom. The lowest BCUT2D eigenvalue weighted by Gasteiger charge is -2.16. The van der Waals surface area contributed by atoms with E-state index in [1.807, 2.05) is 0 Å². The number of aromatic nitrogens is 2. The molecule has 10 heteroatoms. The first-order valence-electron chi connectivity index (χ1n) is 9.35. The van der Waals surface area contributed by atoms with Crippen LogP contribution < -0.4 is 20.7 Å². The Morgan fingerprint density at radius 1 is 1.26 bits per heavy atom. The number of nitrogens with one attached hydrogen (secondary N) is 1. The van der Waals surface area contributed by atoms with Gasteiger partial charge in [0.25, 0.3) is 5.56 Å². The van der Waals surface area contributed by atoms with Crippen LogP contribution in [0.5, 0.6) is 11.5 Å². The lowest BCUT2D eigenvalue weighted by atomic mass is 10.2. The van der Waals surface area contributed by atoms with Crippen LogP contribution in [0.25, 0.3) is 10.9 Å². The van der Waals surface area contributed by atoms with E-state index in [4.69, 9.17) is 14.2 Å². The minimum Gasteiger partial charge on any atom is -0.493 e. The van der Waals surface area contributed by atoms with Gasteiger partial charge < -0.3 is 19.2 Å². The van der Waals surface area contributed by atoms with Crippen molar-refractivity contribution in [2.75, 3.05) is 13.7 Å². The van der Waals surface area contributed by atoms with E-state index in [0.717, 1.165) is 4.68 Å². The van der Waals surface area contributed by atoms with Crippen LogP contribution in [0.4, 0.5) is 0 Å². The topological polar surface area (TPSA) is 112 Å². The van der Waals surface area contributed by atoms with E-state index in [9.17, 15) is 14.4 Å². The highest BCUT2D eigenvalue weighted by atomic mass is 79.9. The lowest BCUT2D eigenvalue weighted by Crippen LogP contribution is -2.32. The molecular weight excluding hydrogens is 470 g/mol. The quantitative estimate of drug-likeness (QED) is 0.403. The van der Waals surface area contributed by atoms with Crippen LogP contribution in [-0.2, 0) is 9.53 Å². The minimum absolute atomic E-state index is 0.246. The Bertz CT molecular complexity index is 1260. The summed E-state index contributed by atoms with van der Waals surface area (Å²) in [5.74, 6) is 0.148. The number of nitrogens with zero attached hydrogens (tertiary/aromatic N) is 2. The van der Waals surface area contributed by atoms with Crippen molar-refractivity contribution in [2.45, 2.75) is 20.0 Å². The van der Waals surface area contributed by atoms with Gasteiger partial charge in [0.1, 0.15) is 0 Å². The molecule has 0 saturated carbocycles. The molecular formula is C21H20BrN3O6. The normalized spacial score (nSPS) is 12.1. The molecule has 31 heavy (non-hydrogen) atoms. The molecule has 0 radical (unpaired) electrons. The maximum atomic E-state index is 12.6. The molecule has 0 bridgehead atoms. The van der Waals surface area contributed by atoms with Crippen LogP contribution in [0.2, 0.25) is 0 Å². The second-order valence-corrected chi connectivity index (χ2v) is 7.23. The Labute approximate surface area is 185 Å². The number of hydrogen-bond acceptors (Lipinski definition) is 7. The number of fused-ring (bicyclic) bond motifs is 1. The number of H-pyrrole nitrogens is 1. The third-order valence-corrected chi connectivity index (χ3v) is 4.99. The lowest BCUT2D eigenvalue weighted by molar-refractivity contribution is -0.150. The third-order valence-electron chi connectivity index (χ3n) is 4.30. The van der Waals surface area contributed by atoms with Crippen molar-refractivity contribution in [3.05, 3.63) is 67.3 Å². The average molecular weight is 490 g/mol. The molecule has 3 rings (SSSR count). The summed E-state index contributed by atoms with van der Waals surface area (Å²) in [6.07, 6.45) is 0.506. The number of carbonyl (C=O) groups excluding carboxylic acids is 1. The number of aromatic amines is 1. The summed E-state index contributed by atoms with van der Waals surface area (Å²) in [5.41, 5.74) is -0.246. The van der Waals surface area contributed by atoms with E-state index in [0.29, 0.717) is 32.4 Å². The van der Waals surface area contributed by atoms with Gasteiger partial charge in [0, 0.05) is 10.0 Å². The van der Waals surface area contributed by atoms with Crippen LogP contribution >= 0.6 is 15.9 Å². The van der Waals surface area contributed by atoms with Crippen molar-refractivity contribution in [2.24, 2.45) is 5.10 Å². The molecule has 0 spiro atoms. The molecule has 0 saturated heterocycles. The van der Waals surface area contributed by atoms with Gasteiger partial charge in [-0.1, -0.05) is 12.1 Å². The maximum absolute atomic E-state index is 12.6. The molecule has 0 aliphatic carbocycles. The predicted molar refractivity (Wildman–Crippen MR) is 119 cm³/mol. The van der Waals surface area contributed by atoms with Gasteiger partial charge in [0.05, 0.1) is 30.8 Å². The highest BCUT2D eigenvalue weighted by Crippen LogP contribution is 2.33. The van der Waals surface area contributed by atoms with Gasteiger partial charge in [-0.25, -0.2) is 9.59 Å². The summed E-state index contributed by atoms with van der Waals surface area (Å²) in [6, 6.07) is 9.87. The number of methoxy groups -OCH3 is 1. The molecule has 0 aliphatic heterocycles. The molecule has 1 atom stereocenters. The fourth-order valence-corrected chi connectivity index (χ4v) is 3.20. The van der Waals surface area contributed by atoms with Crippen molar-refractivity contribution in [3.63, 3.8) is 0 Å². The van der Waals surface area contributed by atoms with Gasteiger partial charge >= 0.3 is 11.7 Å². The third kappa shape index (κ3) is 4.85. The first-order chi connectivity index (χ1) is 14.8. The number of rotatable bonds is 7. The largest absolute Gasteiger partial charge is 0.493 e. The second-order valence-electron chi connectivity index (χ2n) is 6.37. The fourth-order valence-electron chi connectivity index (χ4n) is 2.78. The van der Waals surface area contributed by atoms with Crippen LogP contribution in [0.15, 0.2) is 55.6 Å². The van der Waals surface area contributed by atoms with Gasteiger partial charge in [0.2, 0.25) is 0 Å². The van der Waals surface area contributed by atoms with Crippen LogP contribution in [0.3, 0.4) is 0 Å². The van der Waals surface area contributed by atoms with Gasteiger partial charge in [-0.2, -0.15) is 5.10 Å². The summed E-state index contributed by atoms with van der Waals surface area (Å²) < 4.78 is 17.2. The minimum atomic E-state index is -0.838. The zero-order valence-electron chi connectivity index (χ0n) is 17.0. The molecule has 0 unspecified atom stereocenters. The van der Waals surface area contributed by atoms with Gasteiger partial charge in [-0.15, -0.1) is 4.68 Å². The monoisotopic (exact) mass is 489 g/mol. The molecule has 1 heterocycles. The number of carbonyl (C=O) groups is 1. The van der Waals surface area contributed by atoms with Crippen molar-refractivity contribution < 1.29 is 19.0 Å². The smallest absolute Gasteiger partial charge is 0.349 e. The van der Waals surface area contributed by atoms with E-state index >= 15 is 0 Å². The molecule has 2 aromatic carbocycles. The van der Waals surface area contributed by atoms with E-state index in [-0.39, 0.29) is 6.61 Å². The SMILES string of the molecule is CCOC(=O)[C@@H](C)Oc1cc(Br)c(C=Nn2c(=O)[nH]c3ccccc3c2=O)cc1OC. The Hall–Kier alpha value is -3.40. The number of benzene rings is 2. The maximum Gasteiger partial charge on any atom is 0.349 e. The molecule has 9 nitrogen and oxygen atoms in total. The van der Waals surface area contributed by atoms with Gasteiger partial charge in [0.15, 0.2) is 17.6 Å². The summed E-state index contributed by atoms with van der Waals surface area (Å²) in [6.45, 7) is 3.52. The Morgan fingerprint density at radius 2 is 2.00 bits per heavy atom. The molecule has 1 N–H and O–H groups in total. The molecule has 0 fully saturated rings. The highest BCUT2D eigenvalue weighted by Gasteiger charge is 2.19. The standard InChI is InChI=1S/C21H20BrN3O6/c1-4-30-20(27)12(2)31-18-10-15(22)13(9-17(18)29-3)11-23-25-19(26)14-7-5-6-8-16(14)24-21(25)28/h5-12H,4H2,1-3H3,(H,24,28)/t12-/m1/s1. The van der Waals surface area contributed by atoms with Crippen molar-refractivity contribution in [3.8, 4) is 11.5 Å². The number of esters is 1. The Kier molecular flexibility index (Phi) is 6.91. The van der Waals surface area contributed by atoms with E-state index in [1.165, 1.54) is 13.3 Å². The molecule has 1 aromatic heterocycles. The number of ether oxygens (including phenoxy) is 3. The summed E-state index contributed by atoms with van der Waals surface area (Å²) in [5, 5.41) is 4.38. The second kappa shape index (κ2) is 9.61. The summed E-state index contributed by atoms with van der Waals surface area (Å²) in [4.78, 5) is 39.3. The van der Waals surface area contributed by atoms with E-state index in [1.54, 1.807) is 50.2 Å². The van der Waals surface area contributed by atoms with Crippen molar-refractivity contribution in [1.29, 1.82) is 0 Å². The number of halogens is 1. The fraction of sp³-hybridized carbons (Fsp3) is 0.238. The van der Waals surface area contributed by atoms with Crippen LogP contribution in [-0.4, -0.2) is 41.7 Å². The summed E-state index contributed by atoms with van der Waals surface area (Å²) >= 11 is 3.40. The van der Waals surface area contributed by atoms with Crippen molar-refractivity contribution >= 4 is 39.0 Å². The average Bonchev–Trinajstić information content (AvgIpc) is 2.75. The molecule has 3 aromatic rings. The molecule has 0 amide bonds. The zero-order chi connectivity index (χ0) is 22.5. The molecule has 0 aliphatic rings. The number of para-hydroxylation sites is 1. The first-order valence-corrected chi connectivity index (χ1v) is 10.1. The van der Waals surface area contributed by atoms with Crippen LogP contribution in [0.1, 0.15) is 19.4 Å².